The molecule has 0 saturated heterocycles. The highest BCUT2D eigenvalue weighted by Gasteiger charge is 2.11. The number of hydrogen-bond donors (Lipinski definition) is 3. The van der Waals surface area contributed by atoms with Crippen molar-refractivity contribution in [3.05, 3.63) is 40.3 Å². The molecule has 1 amide bonds. The van der Waals surface area contributed by atoms with Crippen LogP contribution in [0.1, 0.15) is 23.7 Å². The number of amides is 1. The van der Waals surface area contributed by atoms with Crippen LogP contribution in [-0.2, 0) is 21.2 Å². The van der Waals surface area contributed by atoms with Gasteiger partial charge in [0.15, 0.2) is 0 Å². The molecule has 22 heavy (non-hydrogen) atoms. The zero-order valence-electron chi connectivity index (χ0n) is 11.8. The summed E-state index contributed by atoms with van der Waals surface area (Å²) in [5.74, 6) is -0.245. The Balaban J connectivity index is 1.99. The second kappa shape index (κ2) is 6.53. The topological polar surface area (TPSA) is 128 Å². The molecule has 9 heteroatoms. The first-order chi connectivity index (χ1) is 10.3. The van der Waals surface area contributed by atoms with E-state index < -0.39 is 10.0 Å². The summed E-state index contributed by atoms with van der Waals surface area (Å²) in [5, 5.41) is 10.2. The highest BCUT2D eigenvalue weighted by molar-refractivity contribution is 7.89. The van der Waals surface area contributed by atoms with Gasteiger partial charge in [-0.1, -0.05) is 0 Å². The quantitative estimate of drug-likeness (QED) is 0.747. The Bertz CT molecular complexity index is 767. The molecule has 0 radical (unpaired) electrons. The summed E-state index contributed by atoms with van der Waals surface area (Å²) in [6, 6.07) is 5.47. The molecule has 0 aliphatic heterocycles. The van der Waals surface area contributed by atoms with Gasteiger partial charge in [0.05, 0.1) is 23.1 Å². The number of primary sulfonamides is 1. The fourth-order valence-electron chi connectivity index (χ4n) is 1.71. The summed E-state index contributed by atoms with van der Waals surface area (Å²) in [4.78, 5) is 16.2. The molecule has 2 aromatic rings. The van der Waals surface area contributed by atoms with Gasteiger partial charge in [-0.25, -0.2) is 18.5 Å². The highest BCUT2D eigenvalue weighted by atomic mass is 32.2. The zero-order valence-corrected chi connectivity index (χ0v) is 13.4. The Hall–Kier alpha value is -1.81. The van der Waals surface area contributed by atoms with Crippen molar-refractivity contribution in [1.29, 1.82) is 0 Å². The Morgan fingerprint density at radius 1 is 1.36 bits per heavy atom. The Morgan fingerprint density at radius 2 is 2.00 bits per heavy atom. The normalized spacial score (nSPS) is 12.9. The van der Waals surface area contributed by atoms with Gasteiger partial charge in [-0.2, -0.15) is 0 Å². The standard InChI is InChI=1S/C13H16N4O3S2/c1-8(14)13-17-10(7-21-13)6-12(18)16-9-2-4-11(5-3-9)22(15,19)20/h2-5,7-8H,6,14H2,1H3,(H,16,18)(H2,15,19,20). The minimum Gasteiger partial charge on any atom is -0.326 e. The van der Waals surface area contributed by atoms with E-state index in [4.69, 9.17) is 10.9 Å². The molecule has 0 spiro atoms. The maximum Gasteiger partial charge on any atom is 0.238 e. The number of thiazole rings is 1. The first-order valence-corrected chi connectivity index (χ1v) is 8.81. The molecule has 0 aliphatic carbocycles. The van der Waals surface area contributed by atoms with Crippen LogP contribution in [0.4, 0.5) is 5.69 Å². The van der Waals surface area contributed by atoms with Crippen molar-refractivity contribution in [2.75, 3.05) is 5.32 Å². The Morgan fingerprint density at radius 3 is 2.50 bits per heavy atom. The summed E-state index contributed by atoms with van der Waals surface area (Å²) < 4.78 is 22.3. The van der Waals surface area contributed by atoms with Crippen molar-refractivity contribution in [2.24, 2.45) is 10.9 Å². The lowest BCUT2D eigenvalue weighted by molar-refractivity contribution is -0.115. The summed E-state index contributed by atoms with van der Waals surface area (Å²) in [6.07, 6.45) is 0.125. The molecule has 7 nitrogen and oxygen atoms in total. The lowest BCUT2D eigenvalue weighted by atomic mass is 10.3. The Labute approximate surface area is 132 Å². The van der Waals surface area contributed by atoms with Gasteiger partial charge in [-0.15, -0.1) is 11.3 Å². The van der Waals surface area contributed by atoms with Crippen molar-refractivity contribution < 1.29 is 13.2 Å². The van der Waals surface area contributed by atoms with Gasteiger partial charge >= 0.3 is 0 Å². The number of sulfonamides is 1. The van der Waals surface area contributed by atoms with Crippen LogP contribution in [0.3, 0.4) is 0 Å². The van der Waals surface area contributed by atoms with Gasteiger partial charge in [0.2, 0.25) is 15.9 Å². The third-order valence-electron chi connectivity index (χ3n) is 2.77. The van der Waals surface area contributed by atoms with Crippen molar-refractivity contribution in [3.8, 4) is 0 Å². The molecule has 1 heterocycles. The van der Waals surface area contributed by atoms with Crippen LogP contribution in [-0.4, -0.2) is 19.3 Å². The summed E-state index contributed by atoms with van der Waals surface area (Å²) >= 11 is 1.41. The van der Waals surface area contributed by atoms with E-state index in [0.717, 1.165) is 5.01 Å². The molecular formula is C13H16N4O3S2. The molecular weight excluding hydrogens is 324 g/mol. The summed E-state index contributed by atoms with van der Waals surface area (Å²) in [6.45, 7) is 1.83. The number of hydrogen-bond acceptors (Lipinski definition) is 6. The van der Waals surface area contributed by atoms with Gasteiger partial charge in [0.25, 0.3) is 0 Å². The number of nitrogens with zero attached hydrogens (tertiary/aromatic N) is 1. The maximum atomic E-state index is 11.9. The van der Waals surface area contributed by atoms with E-state index in [-0.39, 0.29) is 23.3 Å². The lowest BCUT2D eigenvalue weighted by Gasteiger charge is -2.05. The van der Waals surface area contributed by atoms with Crippen LogP contribution >= 0.6 is 11.3 Å². The number of rotatable bonds is 5. The van der Waals surface area contributed by atoms with E-state index in [2.05, 4.69) is 10.3 Å². The molecule has 5 N–H and O–H groups in total. The SMILES string of the molecule is CC(N)c1nc(CC(=O)Nc2ccc(S(N)(=O)=O)cc2)cs1. The minimum absolute atomic E-state index is 0.00780. The van der Waals surface area contributed by atoms with Crippen LogP contribution in [0.2, 0.25) is 0 Å². The predicted molar refractivity (Wildman–Crippen MR) is 84.9 cm³/mol. The molecule has 1 atom stereocenters. The molecule has 1 aromatic heterocycles. The van der Waals surface area contributed by atoms with Gasteiger partial charge in [0.1, 0.15) is 5.01 Å². The number of nitrogens with one attached hydrogen (secondary N) is 1. The highest BCUT2D eigenvalue weighted by Crippen LogP contribution is 2.17. The van der Waals surface area contributed by atoms with Gasteiger partial charge in [0, 0.05) is 11.1 Å². The van der Waals surface area contributed by atoms with E-state index in [9.17, 15) is 13.2 Å². The van der Waals surface area contributed by atoms with Gasteiger partial charge in [-0.05, 0) is 31.2 Å². The number of anilines is 1. The van der Waals surface area contributed by atoms with Crippen LogP contribution < -0.4 is 16.2 Å². The predicted octanol–water partition coefficient (Wildman–Crippen LogP) is 0.991. The van der Waals surface area contributed by atoms with Crippen LogP contribution in [0.15, 0.2) is 34.5 Å². The first kappa shape index (κ1) is 16.6. The molecule has 0 fully saturated rings. The van der Waals surface area contributed by atoms with Crippen molar-refractivity contribution in [1.82, 2.24) is 4.98 Å². The number of carbonyl (C=O) groups excluding carboxylic acids is 1. The number of carbonyl (C=O) groups is 1. The number of nitrogens with two attached hydrogens (primary N) is 2. The molecule has 0 bridgehead atoms. The largest absolute Gasteiger partial charge is 0.326 e. The zero-order chi connectivity index (χ0) is 16.3. The monoisotopic (exact) mass is 340 g/mol. The van der Waals surface area contributed by atoms with E-state index in [0.29, 0.717) is 11.4 Å². The average molecular weight is 340 g/mol. The van der Waals surface area contributed by atoms with Crippen LogP contribution in [0, 0.1) is 0 Å². The van der Waals surface area contributed by atoms with E-state index >= 15 is 0 Å². The van der Waals surface area contributed by atoms with Crippen molar-refractivity contribution >= 4 is 33.0 Å². The Kier molecular flexibility index (Phi) is 4.91. The van der Waals surface area contributed by atoms with Gasteiger partial charge in [-0.3, -0.25) is 4.79 Å². The fourth-order valence-corrected chi connectivity index (χ4v) is 3.00. The molecule has 118 valence electrons. The second-order valence-corrected chi connectivity index (χ2v) is 7.21. The second-order valence-electron chi connectivity index (χ2n) is 4.76. The minimum atomic E-state index is -3.74. The number of benzene rings is 1. The molecule has 1 aromatic carbocycles. The van der Waals surface area contributed by atoms with E-state index in [1.165, 1.54) is 35.6 Å². The average Bonchev–Trinajstić information content (AvgIpc) is 2.86. The van der Waals surface area contributed by atoms with Crippen molar-refractivity contribution in [2.45, 2.75) is 24.3 Å². The van der Waals surface area contributed by atoms with Crippen LogP contribution in [0.5, 0.6) is 0 Å². The molecule has 0 aliphatic rings. The lowest BCUT2D eigenvalue weighted by Crippen LogP contribution is -2.15. The van der Waals surface area contributed by atoms with Crippen molar-refractivity contribution in [3.63, 3.8) is 0 Å². The molecule has 0 saturated carbocycles. The van der Waals surface area contributed by atoms with E-state index in [1.807, 2.05) is 6.92 Å². The third kappa shape index (κ3) is 4.34. The smallest absolute Gasteiger partial charge is 0.238 e. The van der Waals surface area contributed by atoms with Crippen LogP contribution in [0.25, 0.3) is 0 Å². The fraction of sp³-hybridized carbons (Fsp3) is 0.231. The third-order valence-corrected chi connectivity index (χ3v) is 4.79. The maximum absolute atomic E-state index is 11.9. The molecule has 1 unspecified atom stereocenters. The first-order valence-electron chi connectivity index (χ1n) is 6.38. The van der Waals surface area contributed by atoms with E-state index in [1.54, 1.807) is 5.38 Å². The summed E-state index contributed by atoms with van der Waals surface area (Å²) in [7, 11) is -3.74. The molecule has 2 rings (SSSR count). The van der Waals surface area contributed by atoms with Gasteiger partial charge < -0.3 is 11.1 Å². The number of aromatic nitrogens is 1. The summed E-state index contributed by atoms with van der Waals surface area (Å²) in [5.41, 5.74) is 6.85.